The SMILES string of the molecule is CCCCCCCCCCCNc1ccc(N)cc1. The molecule has 0 heterocycles. The minimum atomic E-state index is 0.827. The summed E-state index contributed by atoms with van der Waals surface area (Å²) in [6, 6.07) is 7.98. The summed E-state index contributed by atoms with van der Waals surface area (Å²) in [5, 5.41) is 3.44. The molecule has 2 nitrogen and oxygen atoms in total. The highest BCUT2D eigenvalue weighted by Crippen LogP contribution is 2.12. The number of hydrogen-bond acceptors (Lipinski definition) is 2. The quantitative estimate of drug-likeness (QED) is 0.424. The zero-order chi connectivity index (χ0) is 13.8. The highest BCUT2D eigenvalue weighted by Gasteiger charge is 1.93. The number of rotatable bonds is 11. The van der Waals surface area contributed by atoms with Crippen molar-refractivity contribution >= 4 is 11.4 Å². The first-order chi connectivity index (χ1) is 9.33. The molecule has 0 radical (unpaired) electrons. The van der Waals surface area contributed by atoms with Crippen molar-refractivity contribution in [2.24, 2.45) is 0 Å². The lowest BCUT2D eigenvalue weighted by molar-refractivity contribution is 0.569. The average molecular weight is 262 g/mol. The summed E-state index contributed by atoms with van der Waals surface area (Å²) in [6.45, 7) is 3.34. The molecular formula is C17H30N2. The van der Waals surface area contributed by atoms with Crippen molar-refractivity contribution < 1.29 is 0 Å². The molecule has 0 spiro atoms. The van der Waals surface area contributed by atoms with Gasteiger partial charge < -0.3 is 11.1 Å². The summed E-state index contributed by atoms with van der Waals surface area (Å²) < 4.78 is 0. The van der Waals surface area contributed by atoms with Gasteiger partial charge in [-0.2, -0.15) is 0 Å². The van der Waals surface area contributed by atoms with Crippen molar-refractivity contribution in [1.82, 2.24) is 0 Å². The molecule has 1 aromatic carbocycles. The molecule has 0 bridgehead atoms. The number of nitrogens with two attached hydrogens (primary N) is 1. The van der Waals surface area contributed by atoms with Gasteiger partial charge in [-0.1, -0.05) is 58.3 Å². The molecule has 0 aliphatic heterocycles. The van der Waals surface area contributed by atoms with E-state index in [2.05, 4.69) is 12.2 Å². The maximum Gasteiger partial charge on any atom is 0.0341 e. The fourth-order valence-electron chi connectivity index (χ4n) is 2.27. The summed E-state index contributed by atoms with van der Waals surface area (Å²) in [4.78, 5) is 0. The Kier molecular flexibility index (Phi) is 8.95. The lowest BCUT2D eigenvalue weighted by Gasteiger charge is -2.06. The molecule has 1 rings (SSSR count). The van der Waals surface area contributed by atoms with Gasteiger partial charge in [0.05, 0.1) is 0 Å². The standard InChI is InChI=1S/C17H30N2/c1-2-3-4-5-6-7-8-9-10-15-19-17-13-11-16(18)12-14-17/h11-14,19H,2-10,15,18H2,1H3. The summed E-state index contributed by atoms with van der Waals surface area (Å²) in [7, 11) is 0. The molecular weight excluding hydrogens is 232 g/mol. The van der Waals surface area contributed by atoms with Crippen LogP contribution in [0.3, 0.4) is 0 Å². The minimum Gasteiger partial charge on any atom is -0.399 e. The minimum absolute atomic E-state index is 0.827. The van der Waals surface area contributed by atoms with E-state index < -0.39 is 0 Å². The number of unbranched alkanes of at least 4 members (excludes halogenated alkanes) is 8. The van der Waals surface area contributed by atoms with Crippen molar-refractivity contribution in [1.29, 1.82) is 0 Å². The fourth-order valence-corrected chi connectivity index (χ4v) is 2.27. The van der Waals surface area contributed by atoms with Gasteiger partial charge in [-0.05, 0) is 30.7 Å². The number of benzene rings is 1. The third-order valence-corrected chi connectivity index (χ3v) is 3.52. The molecule has 1 aromatic rings. The molecule has 0 amide bonds. The van der Waals surface area contributed by atoms with Crippen LogP contribution in [-0.2, 0) is 0 Å². The predicted molar refractivity (Wildman–Crippen MR) is 86.6 cm³/mol. The van der Waals surface area contributed by atoms with Gasteiger partial charge in [0.15, 0.2) is 0 Å². The third kappa shape index (κ3) is 8.52. The van der Waals surface area contributed by atoms with Gasteiger partial charge in [-0.25, -0.2) is 0 Å². The summed E-state index contributed by atoms with van der Waals surface area (Å²) in [5.41, 5.74) is 7.65. The topological polar surface area (TPSA) is 38.0 Å². The average Bonchev–Trinajstić information content (AvgIpc) is 2.43. The van der Waals surface area contributed by atoms with Gasteiger partial charge in [0, 0.05) is 17.9 Å². The van der Waals surface area contributed by atoms with Crippen molar-refractivity contribution in [2.45, 2.75) is 64.7 Å². The van der Waals surface area contributed by atoms with Gasteiger partial charge in [-0.3, -0.25) is 0 Å². The first kappa shape index (κ1) is 15.9. The number of hydrogen-bond donors (Lipinski definition) is 2. The van der Waals surface area contributed by atoms with Crippen LogP contribution in [0.4, 0.5) is 11.4 Å². The van der Waals surface area contributed by atoms with Crippen LogP contribution in [-0.4, -0.2) is 6.54 Å². The van der Waals surface area contributed by atoms with Crippen molar-refractivity contribution in [3.63, 3.8) is 0 Å². The Balaban J connectivity index is 1.87. The third-order valence-electron chi connectivity index (χ3n) is 3.52. The molecule has 0 aliphatic rings. The zero-order valence-electron chi connectivity index (χ0n) is 12.5. The van der Waals surface area contributed by atoms with Crippen molar-refractivity contribution in [3.8, 4) is 0 Å². The molecule has 0 fully saturated rings. The van der Waals surface area contributed by atoms with Crippen LogP contribution in [0.25, 0.3) is 0 Å². The summed E-state index contributed by atoms with van der Waals surface area (Å²) in [5.74, 6) is 0. The second-order valence-electron chi connectivity index (χ2n) is 5.38. The van der Waals surface area contributed by atoms with Crippen LogP contribution in [0, 0.1) is 0 Å². The van der Waals surface area contributed by atoms with E-state index in [0.717, 1.165) is 12.2 Å². The maximum atomic E-state index is 5.65. The maximum absolute atomic E-state index is 5.65. The van der Waals surface area contributed by atoms with Crippen LogP contribution in [0.2, 0.25) is 0 Å². The Hall–Kier alpha value is -1.18. The first-order valence-corrected chi connectivity index (χ1v) is 7.92. The number of anilines is 2. The van der Waals surface area contributed by atoms with Crippen LogP contribution in [0.5, 0.6) is 0 Å². The highest BCUT2D eigenvalue weighted by molar-refractivity contribution is 5.50. The van der Waals surface area contributed by atoms with Gasteiger partial charge in [0.1, 0.15) is 0 Å². The molecule has 0 saturated heterocycles. The Morgan fingerprint density at radius 3 is 1.89 bits per heavy atom. The van der Waals surface area contributed by atoms with Gasteiger partial charge in [0.25, 0.3) is 0 Å². The van der Waals surface area contributed by atoms with E-state index in [1.807, 2.05) is 24.3 Å². The Bertz CT molecular complexity index is 306. The van der Waals surface area contributed by atoms with Crippen LogP contribution >= 0.6 is 0 Å². The van der Waals surface area contributed by atoms with Crippen molar-refractivity contribution in [3.05, 3.63) is 24.3 Å². The monoisotopic (exact) mass is 262 g/mol. The summed E-state index contributed by atoms with van der Waals surface area (Å²) in [6.07, 6.45) is 12.4. The zero-order valence-corrected chi connectivity index (χ0v) is 12.5. The second-order valence-corrected chi connectivity index (χ2v) is 5.38. The van der Waals surface area contributed by atoms with E-state index in [4.69, 9.17) is 5.73 Å². The van der Waals surface area contributed by atoms with Gasteiger partial charge in [0.2, 0.25) is 0 Å². The van der Waals surface area contributed by atoms with Gasteiger partial charge >= 0.3 is 0 Å². The lowest BCUT2D eigenvalue weighted by Crippen LogP contribution is -2.01. The van der Waals surface area contributed by atoms with Crippen molar-refractivity contribution in [2.75, 3.05) is 17.6 Å². The largest absolute Gasteiger partial charge is 0.399 e. The molecule has 19 heavy (non-hydrogen) atoms. The molecule has 0 saturated carbocycles. The Morgan fingerprint density at radius 2 is 1.32 bits per heavy atom. The highest BCUT2D eigenvalue weighted by atomic mass is 14.9. The van der Waals surface area contributed by atoms with E-state index in [1.165, 1.54) is 63.5 Å². The predicted octanol–water partition coefficient (Wildman–Crippen LogP) is 5.21. The van der Waals surface area contributed by atoms with E-state index in [1.54, 1.807) is 0 Å². The van der Waals surface area contributed by atoms with Crippen LogP contribution in [0.1, 0.15) is 64.7 Å². The summed E-state index contributed by atoms with van der Waals surface area (Å²) >= 11 is 0. The molecule has 3 N–H and O–H groups in total. The molecule has 108 valence electrons. The fraction of sp³-hybridized carbons (Fsp3) is 0.647. The molecule has 2 heteroatoms. The smallest absolute Gasteiger partial charge is 0.0341 e. The molecule has 0 unspecified atom stereocenters. The Morgan fingerprint density at radius 1 is 0.789 bits per heavy atom. The number of nitrogen functional groups attached to an aromatic ring is 1. The van der Waals surface area contributed by atoms with Crippen LogP contribution in [0.15, 0.2) is 24.3 Å². The first-order valence-electron chi connectivity index (χ1n) is 7.92. The lowest BCUT2D eigenvalue weighted by atomic mass is 10.1. The molecule has 0 aliphatic carbocycles. The van der Waals surface area contributed by atoms with E-state index in [-0.39, 0.29) is 0 Å². The second kappa shape index (κ2) is 10.7. The Labute approximate surface area is 118 Å². The molecule has 0 aromatic heterocycles. The molecule has 0 atom stereocenters. The van der Waals surface area contributed by atoms with Gasteiger partial charge in [-0.15, -0.1) is 0 Å². The normalized spacial score (nSPS) is 10.6. The van der Waals surface area contributed by atoms with E-state index >= 15 is 0 Å². The van der Waals surface area contributed by atoms with Crippen LogP contribution < -0.4 is 11.1 Å². The van der Waals surface area contributed by atoms with E-state index in [9.17, 15) is 0 Å². The van der Waals surface area contributed by atoms with E-state index in [0.29, 0.717) is 0 Å². The number of nitrogens with one attached hydrogen (secondary N) is 1.